The first-order valence-corrected chi connectivity index (χ1v) is 7.66. The lowest BCUT2D eigenvalue weighted by Gasteiger charge is -2.11. The molecule has 0 aliphatic heterocycles. The standard InChI is InChI=1S/C17H16F2N4O3/c1-25-16-14(12-3-2-4-13(6-12)26-17(18)19)5-11(7-20-16)8-23-10-21-15(9-24)22-23/h2-7,10,17,24H,8-9H2,1H3. The second-order valence-electron chi connectivity index (χ2n) is 5.32. The number of aliphatic hydroxyl groups excluding tert-OH is 1. The third-order valence-electron chi connectivity index (χ3n) is 3.54. The number of aliphatic hydroxyl groups is 1. The van der Waals surface area contributed by atoms with Gasteiger partial charge in [0.05, 0.1) is 13.7 Å². The van der Waals surface area contributed by atoms with Crippen molar-refractivity contribution in [1.82, 2.24) is 19.7 Å². The molecule has 2 heterocycles. The van der Waals surface area contributed by atoms with Crippen LogP contribution < -0.4 is 9.47 Å². The summed E-state index contributed by atoms with van der Waals surface area (Å²) in [6.07, 6.45) is 3.13. The van der Waals surface area contributed by atoms with Crippen molar-refractivity contribution in [3.8, 4) is 22.8 Å². The Morgan fingerprint density at radius 1 is 1.23 bits per heavy atom. The van der Waals surface area contributed by atoms with Crippen LogP contribution in [0.1, 0.15) is 11.4 Å². The fraction of sp³-hybridized carbons (Fsp3) is 0.235. The normalized spacial score (nSPS) is 11.0. The van der Waals surface area contributed by atoms with Crippen molar-refractivity contribution in [2.24, 2.45) is 0 Å². The molecule has 2 aromatic heterocycles. The molecule has 7 nitrogen and oxygen atoms in total. The summed E-state index contributed by atoms with van der Waals surface area (Å²) in [6.45, 7) is -2.76. The fourth-order valence-corrected chi connectivity index (χ4v) is 2.46. The lowest BCUT2D eigenvalue weighted by Crippen LogP contribution is -2.03. The van der Waals surface area contributed by atoms with Gasteiger partial charge in [-0.15, -0.1) is 0 Å². The number of ether oxygens (including phenoxy) is 2. The number of nitrogens with zero attached hydrogens (tertiary/aromatic N) is 4. The van der Waals surface area contributed by atoms with Gasteiger partial charge in [0.2, 0.25) is 5.88 Å². The summed E-state index contributed by atoms with van der Waals surface area (Å²) in [6, 6.07) is 8.14. The van der Waals surface area contributed by atoms with Crippen LogP contribution in [-0.4, -0.2) is 38.6 Å². The van der Waals surface area contributed by atoms with Crippen molar-refractivity contribution in [3.05, 3.63) is 54.2 Å². The second-order valence-corrected chi connectivity index (χ2v) is 5.32. The van der Waals surface area contributed by atoms with E-state index in [9.17, 15) is 8.78 Å². The molecular formula is C17H16F2N4O3. The van der Waals surface area contributed by atoms with Crippen LogP contribution in [-0.2, 0) is 13.2 Å². The minimum Gasteiger partial charge on any atom is -0.481 e. The van der Waals surface area contributed by atoms with Crippen LogP contribution in [0.3, 0.4) is 0 Å². The lowest BCUT2D eigenvalue weighted by atomic mass is 10.0. The summed E-state index contributed by atoms with van der Waals surface area (Å²) in [5.74, 6) is 0.731. The molecule has 136 valence electrons. The maximum absolute atomic E-state index is 12.4. The Kier molecular flexibility index (Phi) is 5.37. The molecule has 26 heavy (non-hydrogen) atoms. The highest BCUT2D eigenvalue weighted by molar-refractivity contribution is 5.70. The van der Waals surface area contributed by atoms with Crippen LogP contribution in [0.4, 0.5) is 8.78 Å². The number of rotatable bonds is 7. The number of aromatic nitrogens is 4. The molecule has 0 atom stereocenters. The van der Waals surface area contributed by atoms with E-state index in [4.69, 9.17) is 9.84 Å². The average molecular weight is 362 g/mol. The first-order valence-electron chi connectivity index (χ1n) is 7.66. The van der Waals surface area contributed by atoms with Gasteiger partial charge >= 0.3 is 6.61 Å². The van der Waals surface area contributed by atoms with E-state index < -0.39 is 6.61 Å². The van der Waals surface area contributed by atoms with Crippen LogP contribution in [0, 0.1) is 0 Å². The molecule has 0 saturated heterocycles. The van der Waals surface area contributed by atoms with Crippen molar-refractivity contribution in [2.45, 2.75) is 19.8 Å². The minimum atomic E-state index is -2.90. The lowest BCUT2D eigenvalue weighted by molar-refractivity contribution is -0.0498. The van der Waals surface area contributed by atoms with Crippen molar-refractivity contribution in [1.29, 1.82) is 0 Å². The van der Waals surface area contributed by atoms with E-state index in [1.54, 1.807) is 23.0 Å². The molecule has 9 heteroatoms. The Hall–Kier alpha value is -3.07. The molecule has 0 aliphatic carbocycles. The summed E-state index contributed by atoms with van der Waals surface area (Å²) < 4.78 is 36.2. The number of methoxy groups -OCH3 is 1. The maximum atomic E-state index is 12.4. The van der Waals surface area contributed by atoms with E-state index in [2.05, 4.69) is 19.8 Å². The topological polar surface area (TPSA) is 82.3 Å². The Bertz CT molecular complexity index is 886. The van der Waals surface area contributed by atoms with Crippen LogP contribution in [0.5, 0.6) is 11.6 Å². The van der Waals surface area contributed by atoms with Crippen molar-refractivity contribution in [3.63, 3.8) is 0 Å². The summed E-state index contributed by atoms with van der Waals surface area (Å²) in [4.78, 5) is 8.22. The number of benzene rings is 1. The van der Waals surface area contributed by atoms with E-state index in [1.165, 1.54) is 25.6 Å². The highest BCUT2D eigenvalue weighted by atomic mass is 19.3. The molecule has 0 radical (unpaired) electrons. The second kappa shape index (κ2) is 7.87. The monoisotopic (exact) mass is 362 g/mol. The predicted molar refractivity (Wildman–Crippen MR) is 87.9 cm³/mol. The average Bonchev–Trinajstić information content (AvgIpc) is 3.09. The molecule has 0 saturated carbocycles. The summed E-state index contributed by atoms with van der Waals surface area (Å²) in [5.41, 5.74) is 2.06. The minimum absolute atomic E-state index is 0.0498. The zero-order chi connectivity index (χ0) is 18.5. The Morgan fingerprint density at radius 2 is 2.08 bits per heavy atom. The molecule has 3 aromatic rings. The summed E-state index contributed by atoms with van der Waals surface area (Å²) in [5, 5.41) is 13.1. The molecule has 0 aliphatic rings. The Morgan fingerprint density at radius 3 is 2.77 bits per heavy atom. The molecule has 0 bridgehead atoms. The van der Waals surface area contributed by atoms with Gasteiger partial charge < -0.3 is 14.6 Å². The molecule has 1 aromatic carbocycles. The molecule has 3 rings (SSSR count). The first-order chi connectivity index (χ1) is 12.6. The molecule has 0 amide bonds. The fourth-order valence-electron chi connectivity index (χ4n) is 2.46. The zero-order valence-electron chi connectivity index (χ0n) is 13.8. The first kappa shape index (κ1) is 17.7. The number of hydrogen-bond acceptors (Lipinski definition) is 6. The highest BCUT2D eigenvalue weighted by Gasteiger charge is 2.12. The number of alkyl halides is 2. The van der Waals surface area contributed by atoms with Gasteiger partial charge in [-0.3, -0.25) is 0 Å². The van der Waals surface area contributed by atoms with Crippen LogP contribution >= 0.6 is 0 Å². The summed E-state index contributed by atoms with van der Waals surface area (Å²) in [7, 11) is 1.48. The number of halogens is 2. The Labute approximate surface area is 147 Å². The molecule has 0 fully saturated rings. The predicted octanol–water partition coefficient (Wildman–Crippen LogP) is 2.49. The highest BCUT2D eigenvalue weighted by Crippen LogP contribution is 2.31. The van der Waals surface area contributed by atoms with E-state index in [0.29, 0.717) is 29.4 Å². The third kappa shape index (κ3) is 4.12. The smallest absolute Gasteiger partial charge is 0.387 e. The van der Waals surface area contributed by atoms with Crippen molar-refractivity contribution < 1.29 is 23.4 Å². The largest absolute Gasteiger partial charge is 0.481 e. The van der Waals surface area contributed by atoms with Gasteiger partial charge in [0.15, 0.2) is 5.82 Å². The molecular weight excluding hydrogens is 346 g/mol. The number of pyridine rings is 1. The van der Waals surface area contributed by atoms with Gasteiger partial charge in [-0.2, -0.15) is 13.9 Å². The molecule has 0 spiro atoms. The van der Waals surface area contributed by atoms with Gasteiger partial charge in [0, 0.05) is 11.8 Å². The van der Waals surface area contributed by atoms with E-state index >= 15 is 0 Å². The molecule has 1 N–H and O–H groups in total. The van der Waals surface area contributed by atoms with Gasteiger partial charge in [-0.25, -0.2) is 14.6 Å². The maximum Gasteiger partial charge on any atom is 0.387 e. The van der Waals surface area contributed by atoms with E-state index in [-0.39, 0.29) is 12.4 Å². The number of hydrogen-bond donors (Lipinski definition) is 1. The van der Waals surface area contributed by atoms with Crippen molar-refractivity contribution >= 4 is 0 Å². The molecule has 0 unspecified atom stereocenters. The van der Waals surface area contributed by atoms with Gasteiger partial charge in [0.25, 0.3) is 0 Å². The van der Waals surface area contributed by atoms with Crippen LogP contribution in [0.25, 0.3) is 11.1 Å². The quantitative estimate of drug-likeness (QED) is 0.695. The van der Waals surface area contributed by atoms with E-state index in [1.807, 2.05) is 6.07 Å². The van der Waals surface area contributed by atoms with Gasteiger partial charge in [0.1, 0.15) is 18.7 Å². The summed E-state index contributed by atoms with van der Waals surface area (Å²) >= 11 is 0. The zero-order valence-corrected chi connectivity index (χ0v) is 13.8. The van der Waals surface area contributed by atoms with Gasteiger partial charge in [-0.05, 0) is 29.3 Å². The van der Waals surface area contributed by atoms with Gasteiger partial charge in [-0.1, -0.05) is 12.1 Å². The van der Waals surface area contributed by atoms with Crippen molar-refractivity contribution in [2.75, 3.05) is 7.11 Å². The van der Waals surface area contributed by atoms with Crippen LogP contribution in [0.15, 0.2) is 42.9 Å². The SMILES string of the molecule is COc1ncc(Cn2cnc(CO)n2)cc1-c1cccc(OC(F)F)c1. The van der Waals surface area contributed by atoms with Crippen LogP contribution in [0.2, 0.25) is 0 Å². The van der Waals surface area contributed by atoms with E-state index in [0.717, 1.165) is 5.56 Å². The Balaban J connectivity index is 1.92. The third-order valence-corrected chi connectivity index (χ3v) is 3.54.